The van der Waals surface area contributed by atoms with Crippen LogP contribution in [0.1, 0.15) is 29.6 Å². The highest BCUT2D eigenvalue weighted by molar-refractivity contribution is 7.90. The first-order chi connectivity index (χ1) is 7.86. The fraction of sp³-hybridized carbons (Fsp3) is 0.455. The Morgan fingerprint density at radius 2 is 2.06 bits per heavy atom. The number of aliphatic hydroxyl groups excluding tert-OH is 2. The minimum atomic E-state index is -3.52. The lowest BCUT2D eigenvalue weighted by Gasteiger charge is -2.11. The van der Waals surface area contributed by atoms with E-state index in [4.69, 9.17) is 5.11 Å². The second-order valence-corrected chi connectivity index (χ2v) is 6.26. The fourth-order valence-corrected chi connectivity index (χ4v) is 3.30. The molecule has 0 radical (unpaired) electrons. The molecule has 2 N–H and O–H groups in total. The van der Waals surface area contributed by atoms with E-state index < -0.39 is 27.7 Å². The predicted molar refractivity (Wildman–Crippen MR) is 58.9 cm³/mol. The van der Waals surface area contributed by atoms with Gasteiger partial charge in [0.25, 0.3) is 0 Å². The highest BCUT2D eigenvalue weighted by Crippen LogP contribution is 2.44. The van der Waals surface area contributed by atoms with Crippen LogP contribution in [-0.2, 0) is 9.84 Å². The van der Waals surface area contributed by atoms with Crippen LogP contribution < -0.4 is 0 Å². The zero-order chi connectivity index (χ0) is 12.8. The van der Waals surface area contributed by atoms with Gasteiger partial charge in [-0.15, -0.1) is 0 Å². The molecule has 4 nitrogen and oxygen atoms in total. The van der Waals surface area contributed by atoms with Gasteiger partial charge in [0.2, 0.25) is 0 Å². The Morgan fingerprint density at radius 1 is 1.41 bits per heavy atom. The first-order valence-electron chi connectivity index (χ1n) is 5.17. The van der Waals surface area contributed by atoms with Crippen LogP contribution in [0.15, 0.2) is 17.0 Å². The monoisotopic (exact) mass is 260 g/mol. The fourth-order valence-electron chi connectivity index (χ4n) is 2.34. The van der Waals surface area contributed by atoms with Gasteiger partial charge in [0.15, 0.2) is 9.84 Å². The predicted octanol–water partition coefficient (Wildman–Crippen LogP) is 0.742. The molecule has 0 aliphatic heterocycles. The Labute approximate surface area is 98.6 Å². The lowest BCUT2D eigenvalue weighted by atomic mass is 10.0. The summed E-state index contributed by atoms with van der Waals surface area (Å²) in [6.45, 7) is -0.311. The van der Waals surface area contributed by atoms with Gasteiger partial charge in [-0.3, -0.25) is 0 Å². The summed E-state index contributed by atoms with van der Waals surface area (Å²) in [5, 5.41) is 18.9. The molecule has 0 amide bonds. The van der Waals surface area contributed by atoms with Crippen molar-refractivity contribution in [2.75, 3.05) is 12.9 Å². The molecule has 0 spiro atoms. The van der Waals surface area contributed by atoms with Gasteiger partial charge in [-0.2, -0.15) is 0 Å². The summed E-state index contributed by atoms with van der Waals surface area (Å²) in [6.07, 6.45) is 0.122. The largest absolute Gasteiger partial charge is 0.396 e. The summed E-state index contributed by atoms with van der Waals surface area (Å²) >= 11 is 0. The van der Waals surface area contributed by atoms with Crippen LogP contribution in [0.2, 0.25) is 0 Å². The van der Waals surface area contributed by atoms with Gasteiger partial charge in [-0.25, -0.2) is 12.8 Å². The van der Waals surface area contributed by atoms with Crippen molar-refractivity contribution in [1.29, 1.82) is 0 Å². The molecular formula is C11H13FO4S. The van der Waals surface area contributed by atoms with Gasteiger partial charge in [-0.1, -0.05) is 0 Å². The van der Waals surface area contributed by atoms with Crippen LogP contribution in [0.4, 0.5) is 4.39 Å². The molecule has 0 saturated heterocycles. The molecule has 17 heavy (non-hydrogen) atoms. The highest BCUT2D eigenvalue weighted by atomic mass is 32.2. The van der Waals surface area contributed by atoms with Crippen LogP contribution in [0.5, 0.6) is 0 Å². The van der Waals surface area contributed by atoms with Crippen molar-refractivity contribution in [3.8, 4) is 0 Å². The molecule has 0 fully saturated rings. The van der Waals surface area contributed by atoms with Gasteiger partial charge >= 0.3 is 0 Å². The van der Waals surface area contributed by atoms with Crippen molar-refractivity contribution in [2.24, 2.45) is 0 Å². The van der Waals surface area contributed by atoms with Crippen LogP contribution in [0.3, 0.4) is 0 Å². The summed E-state index contributed by atoms with van der Waals surface area (Å²) in [6, 6.07) is 2.22. The molecule has 2 rings (SSSR count). The van der Waals surface area contributed by atoms with Gasteiger partial charge in [0.1, 0.15) is 5.82 Å². The Bertz CT molecular complexity index is 553. The minimum absolute atomic E-state index is 0.0580. The van der Waals surface area contributed by atoms with Crippen molar-refractivity contribution in [3.63, 3.8) is 0 Å². The van der Waals surface area contributed by atoms with E-state index in [0.717, 1.165) is 18.4 Å². The number of sulfone groups is 1. The summed E-state index contributed by atoms with van der Waals surface area (Å²) < 4.78 is 36.7. The molecule has 6 heteroatoms. The smallest absolute Gasteiger partial charge is 0.175 e. The van der Waals surface area contributed by atoms with Gasteiger partial charge in [0.05, 0.1) is 17.6 Å². The van der Waals surface area contributed by atoms with Crippen LogP contribution in [-0.4, -0.2) is 31.5 Å². The Balaban J connectivity index is 2.74. The first-order valence-corrected chi connectivity index (χ1v) is 7.06. The molecule has 1 unspecified atom stereocenters. The Kier molecular flexibility index (Phi) is 2.97. The molecular weight excluding hydrogens is 247 g/mol. The van der Waals surface area contributed by atoms with Crippen LogP contribution in [0.25, 0.3) is 0 Å². The van der Waals surface area contributed by atoms with Crippen LogP contribution >= 0.6 is 0 Å². The van der Waals surface area contributed by atoms with Crippen LogP contribution in [0, 0.1) is 5.82 Å². The SMILES string of the molecule is CS(=O)(=O)c1ccc(F)c2c1[C@@H](O)CC2CO. The molecule has 0 bridgehead atoms. The van der Waals surface area contributed by atoms with Crippen molar-refractivity contribution in [1.82, 2.24) is 0 Å². The van der Waals surface area contributed by atoms with E-state index in [1.807, 2.05) is 0 Å². The Morgan fingerprint density at radius 3 is 2.59 bits per heavy atom. The number of hydrogen-bond donors (Lipinski definition) is 2. The number of benzene rings is 1. The molecule has 2 atom stereocenters. The van der Waals surface area contributed by atoms with Crippen molar-refractivity contribution < 1.29 is 23.0 Å². The summed E-state index contributed by atoms with van der Waals surface area (Å²) in [5.74, 6) is -1.12. The molecule has 1 aromatic rings. The number of hydrogen-bond acceptors (Lipinski definition) is 4. The maximum Gasteiger partial charge on any atom is 0.175 e. The third-order valence-corrected chi connectivity index (χ3v) is 4.22. The van der Waals surface area contributed by atoms with E-state index in [1.165, 1.54) is 0 Å². The third-order valence-electron chi connectivity index (χ3n) is 3.06. The van der Waals surface area contributed by atoms with Gasteiger partial charge in [-0.05, 0) is 18.6 Å². The lowest BCUT2D eigenvalue weighted by molar-refractivity contribution is 0.156. The zero-order valence-electron chi connectivity index (χ0n) is 9.22. The van der Waals surface area contributed by atoms with Crippen molar-refractivity contribution in [3.05, 3.63) is 29.1 Å². The standard InChI is InChI=1S/C11H13FO4S/c1-17(15,16)9-3-2-7(12)10-6(5-13)4-8(14)11(9)10/h2-3,6,8,13-14H,4-5H2,1H3/t6?,8-/m0/s1. The third kappa shape index (κ3) is 1.96. The molecule has 0 heterocycles. The quantitative estimate of drug-likeness (QED) is 0.769. The molecule has 0 aromatic heterocycles. The van der Waals surface area contributed by atoms with E-state index in [1.54, 1.807) is 0 Å². The maximum absolute atomic E-state index is 13.7. The molecule has 1 aliphatic rings. The van der Waals surface area contributed by atoms with Gasteiger partial charge < -0.3 is 10.2 Å². The van der Waals surface area contributed by atoms with E-state index >= 15 is 0 Å². The number of rotatable bonds is 2. The number of aliphatic hydroxyl groups is 2. The molecule has 0 saturated carbocycles. The average molecular weight is 260 g/mol. The van der Waals surface area contributed by atoms with Crippen molar-refractivity contribution in [2.45, 2.75) is 23.3 Å². The van der Waals surface area contributed by atoms with E-state index in [2.05, 4.69) is 0 Å². The summed E-state index contributed by atoms with van der Waals surface area (Å²) in [7, 11) is -3.52. The number of fused-ring (bicyclic) bond motifs is 1. The second kappa shape index (κ2) is 4.04. The maximum atomic E-state index is 13.7. The topological polar surface area (TPSA) is 74.6 Å². The normalized spacial score (nSPS) is 23.8. The summed E-state index contributed by atoms with van der Waals surface area (Å²) in [5.41, 5.74) is 0.231. The molecule has 1 aliphatic carbocycles. The van der Waals surface area contributed by atoms with Crippen molar-refractivity contribution >= 4 is 9.84 Å². The number of halogens is 1. The average Bonchev–Trinajstić information content (AvgIpc) is 2.56. The van der Waals surface area contributed by atoms with Gasteiger partial charge in [0, 0.05) is 23.3 Å². The molecule has 1 aromatic carbocycles. The lowest BCUT2D eigenvalue weighted by Crippen LogP contribution is -2.07. The summed E-state index contributed by atoms with van der Waals surface area (Å²) in [4.78, 5) is -0.0580. The molecule has 94 valence electrons. The first kappa shape index (κ1) is 12.5. The van der Waals surface area contributed by atoms with E-state index in [0.29, 0.717) is 0 Å². The highest BCUT2D eigenvalue weighted by Gasteiger charge is 2.36. The second-order valence-electron chi connectivity index (χ2n) is 4.28. The van der Waals surface area contributed by atoms with E-state index in [9.17, 15) is 17.9 Å². The Hall–Kier alpha value is -0.980. The van der Waals surface area contributed by atoms with E-state index in [-0.39, 0.29) is 29.1 Å². The zero-order valence-corrected chi connectivity index (χ0v) is 10.0. The minimum Gasteiger partial charge on any atom is -0.396 e.